The summed E-state index contributed by atoms with van der Waals surface area (Å²) in [6, 6.07) is -0.718. The van der Waals surface area contributed by atoms with Crippen LogP contribution in [0.25, 0.3) is 0 Å². The molecule has 0 aromatic heterocycles. The predicted molar refractivity (Wildman–Crippen MR) is 411 cm³/mol. The largest absolute Gasteiger partial charge is 0.394 e. The molecule has 0 bridgehead atoms. The van der Waals surface area contributed by atoms with Crippen LogP contribution in [0.2, 0.25) is 0 Å². The van der Waals surface area contributed by atoms with E-state index >= 15 is 0 Å². The number of hydrogen-bond acceptors (Lipinski definition) is 8. The minimum absolute atomic E-state index is 0.131. The van der Waals surface area contributed by atoms with E-state index in [0.29, 0.717) is 12.8 Å². The van der Waals surface area contributed by atoms with Crippen molar-refractivity contribution in [1.29, 1.82) is 0 Å². The minimum atomic E-state index is -1.55. The molecule has 6 N–H and O–H groups in total. The summed E-state index contributed by atoms with van der Waals surface area (Å²) in [5.41, 5.74) is 0. The number of allylic oxidation sites excluding steroid dienone is 2. The zero-order valence-corrected chi connectivity index (χ0v) is 64.0. The van der Waals surface area contributed by atoms with Gasteiger partial charge in [-0.2, -0.15) is 0 Å². The van der Waals surface area contributed by atoms with Crippen molar-refractivity contribution < 1.29 is 39.8 Å². The van der Waals surface area contributed by atoms with Crippen LogP contribution in [0.4, 0.5) is 0 Å². The lowest BCUT2D eigenvalue weighted by Gasteiger charge is -2.40. The van der Waals surface area contributed by atoms with Crippen LogP contribution in [0.3, 0.4) is 0 Å². The molecule has 1 rings (SSSR count). The second kappa shape index (κ2) is 75.6. The molecule has 1 fully saturated rings. The number of carbonyl (C=O) groups is 1. The first-order valence-electron chi connectivity index (χ1n) is 43.4. The minimum Gasteiger partial charge on any atom is -0.394 e. The van der Waals surface area contributed by atoms with Gasteiger partial charge in [0.1, 0.15) is 24.4 Å². The summed E-state index contributed by atoms with van der Waals surface area (Å²) in [6.45, 7) is 3.92. The molecule has 7 atom stereocenters. The zero-order valence-electron chi connectivity index (χ0n) is 64.0. The van der Waals surface area contributed by atoms with E-state index in [4.69, 9.17) is 9.47 Å². The third kappa shape index (κ3) is 63.6. The molecular formula is C86H169NO8. The lowest BCUT2D eigenvalue weighted by Crippen LogP contribution is -2.60. The van der Waals surface area contributed by atoms with E-state index in [9.17, 15) is 30.3 Å². The second-order valence-electron chi connectivity index (χ2n) is 30.7. The van der Waals surface area contributed by atoms with E-state index in [2.05, 4.69) is 31.3 Å². The van der Waals surface area contributed by atoms with Crippen molar-refractivity contribution in [2.24, 2.45) is 0 Å². The Labute approximate surface area is 592 Å². The maximum Gasteiger partial charge on any atom is 0.220 e. The van der Waals surface area contributed by atoms with Gasteiger partial charge in [-0.1, -0.05) is 443 Å². The highest BCUT2D eigenvalue weighted by atomic mass is 16.7. The molecule has 9 heteroatoms. The smallest absolute Gasteiger partial charge is 0.220 e. The summed E-state index contributed by atoms with van der Waals surface area (Å²) in [7, 11) is 0. The van der Waals surface area contributed by atoms with Crippen LogP contribution in [0.1, 0.15) is 476 Å². The number of aliphatic hydroxyl groups excluding tert-OH is 5. The average molecular weight is 1350 g/mol. The molecular weight excluding hydrogens is 1170 g/mol. The molecule has 1 aliphatic rings. The average Bonchev–Trinajstić information content (AvgIpc) is 0.836. The Hall–Kier alpha value is -1.07. The van der Waals surface area contributed by atoms with E-state index in [1.807, 2.05) is 0 Å². The molecule has 0 aromatic rings. The van der Waals surface area contributed by atoms with Crippen LogP contribution >= 0.6 is 0 Å². The van der Waals surface area contributed by atoms with Crippen molar-refractivity contribution in [1.82, 2.24) is 5.32 Å². The summed E-state index contributed by atoms with van der Waals surface area (Å²) in [5, 5.41) is 55.2. The number of amides is 1. The van der Waals surface area contributed by atoms with Crippen molar-refractivity contribution in [2.75, 3.05) is 13.2 Å². The van der Waals surface area contributed by atoms with Crippen molar-refractivity contribution in [2.45, 2.75) is 519 Å². The highest BCUT2D eigenvalue weighted by Crippen LogP contribution is 2.25. The van der Waals surface area contributed by atoms with Gasteiger partial charge in [-0.3, -0.25) is 4.79 Å². The second-order valence-corrected chi connectivity index (χ2v) is 30.7. The van der Waals surface area contributed by atoms with Gasteiger partial charge in [-0.15, -0.1) is 0 Å². The zero-order chi connectivity index (χ0) is 68.5. The Balaban J connectivity index is 2.00. The topological polar surface area (TPSA) is 149 Å². The molecule has 0 aliphatic carbocycles. The van der Waals surface area contributed by atoms with Gasteiger partial charge >= 0.3 is 0 Å². The van der Waals surface area contributed by atoms with E-state index in [0.717, 1.165) is 38.5 Å². The molecule has 0 radical (unpaired) electrons. The standard InChI is InChI=1S/C86H169NO8/c1-3-5-7-9-11-13-15-17-19-21-23-25-27-29-31-33-35-37-38-39-40-41-42-44-46-48-50-52-54-56-58-60-62-64-66-68-70-72-74-76-82(90)87-79(78-94-86-85(93)84(92)83(91)81(77-88)95-86)80(89)75-73-71-69-67-65-63-61-59-57-55-53-51-49-47-45-43-36-34-32-30-28-26-24-22-20-18-16-14-12-10-8-6-4-2/h21,23,79-81,83-86,88-89,91-93H,3-20,22,24-78H2,1-2H3,(H,87,90)/b23-21-. The molecule has 1 aliphatic heterocycles. The Kier molecular flexibility index (Phi) is 73.2. The summed E-state index contributed by atoms with van der Waals surface area (Å²) in [6.07, 6.45) is 93.6. The predicted octanol–water partition coefficient (Wildman–Crippen LogP) is 25.3. The molecule has 0 aromatic carbocycles. The maximum absolute atomic E-state index is 13.2. The molecule has 1 heterocycles. The normalized spacial score (nSPS) is 17.4. The van der Waals surface area contributed by atoms with Crippen LogP contribution in [-0.4, -0.2) is 87.5 Å². The van der Waals surface area contributed by atoms with Crippen molar-refractivity contribution in [3.8, 4) is 0 Å². The first-order valence-corrected chi connectivity index (χ1v) is 43.4. The summed E-state index contributed by atoms with van der Waals surface area (Å²) in [5.74, 6) is -0.131. The first-order chi connectivity index (χ1) is 46.8. The van der Waals surface area contributed by atoms with E-state index in [1.54, 1.807) is 0 Å². The summed E-state index contributed by atoms with van der Waals surface area (Å²) >= 11 is 0. The quantitative estimate of drug-likeness (QED) is 0.0261. The van der Waals surface area contributed by atoms with Crippen LogP contribution in [-0.2, 0) is 14.3 Å². The molecule has 95 heavy (non-hydrogen) atoms. The third-order valence-corrected chi connectivity index (χ3v) is 21.4. The fourth-order valence-corrected chi connectivity index (χ4v) is 14.6. The molecule has 1 saturated heterocycles. The molecule has 9 nitrogen and oxygen atoms in total. The number of ether oxygens (including phenoxy) is 2. The van der Waals surface area contributed by atoms with Gasteiger partial charge in [0.05, 0.1) is 25.4 Å². The van der Waals surface area contributed by atoms with Crippen molar-refractivity contribution >= 4 is 5.91 Å². The number of carbonyl (C=O) groups excluding carboxylic acids is 1. The van der Waals surface area contributed by atoms with E-state index in [1.165, 1.54) is 411 Å². The summed E-state index contributed by atoms with van der Waals surface area (Å²) < 4.78 is 11.4. The van der Waals surface area contributed by atoms with Gasteiger partial charge in [0.15, 0.2) is 6.29 Å². The maximum atomic E-state index is 13.2. The fraction of sp³-hybridized carbons (Fsp3) is 0.965. The van der Waals surface area contributed by atoms with Crippen LogP contribution in [0.5, 0.6) is 0 Å². The third-order valence-electron chi connectivity index (χ3n) is 21.4. The lowest BCUT2D eigenvalue weighted by atomic mass is 9.99. The number of hydrogen-bond donors (Lipinski definition) is 6. The number of nitrogens with one attached hydrogen (secondary N) is 1. The number of rotatable bonds is 79. The Morgan fingerprint density at radius 3 is 0.853 bits per heavy atom. The van der Waals surface area contributed by atoms with Gasteiger partial charge in [-0.25, -0.2) is 0 Å². The number of aliphatic hydroxyl groups is 5. The molecule has 7 unspecified atom stereocenters. The van der Waals surface area contributed by atoms with E-state index in [-0.39, 0.29) is 12.5 Å². The Morgan fingerprint density at radius 2 is 0.589 bits per heavy atom. The Morgan fingerprint density at radius 1 is 0.347 bits per heavy atom. The van der Waals surface area contributed by atoms with Gasteiger partial charge < -0.3 is 40.3 Å². The van der Waals surface area contributed by atoms with Gasteiger partial charge in [-0.05, 0) is 38.5 Å². The van der Waals surface area contributed by atoms with Gasteiger partial charge in [0, 0.05) is 6.42 Å². The number of unbranched alkanes of at least 4 members (excludes halogenated alkanes) is 67. The Bertz CT molecular complexity index is 1510. The first kappa shape index (κ1) is 91.9. The molecule has 1 amide bonds. The van der Waals surface area contributed by atoms with Gasteiger partial charge in [0.2, 0.25) is 5.91 Å². The highest BCUT2D eigenvalue weighted by Gasteiger charge is 2.44. The monoisotopic (exact) mass is 1340 g/mol. The van der Waals surface area contributed by atoms with Crippen molar-refractivity contribution in [3.05, 3.63) is 12.2 Å². The molecule has 566 valence electrons. The van der Waals surface area contributed by atoms with Crippen molar-refractivity contribution in [3.63, 3.8) is 0 Å². The SMILES string of the molecule is CCCCCCCCCC/C=C\CCCCCCCCCCCCCCCCCCCCCCCCCCCCCC(=O)NC(COC1OC(CO)C(O)C(O)C1O)C(O)CCCCCCCCCCCCCCCCCCCCCCCCCCCCCCCCCCC. The van der Waals surface area contributed by atoms with Crippen LogP contribution < -0.4 is 5.32 Å². The molecule has 0 saturated carbocycles. The van der Waals surface area contributed by atoms with E-state index < -0.39 is 49.5 Å². The summed E-state index contributed by atoms with van der Waals surface area (Å²) in [4.78, 5) is 13.2. The highest BCUT2D eigenvalue weighted by molar-refractivity contribution is 5.76. The molecule has 0 spiro atoms. The lowest BCUT2D eigenvalue weighted by molar-refractivity contribution is -0.302. The van der Waals surface area contributed by atoms with Crippen LogP contribution in [0.15, 0.2) is 12.2 Å². The van der Waals surface area contributed by atoms with Crippen LogP contribution in [0, 0.1) is 0 Å². The fourth-order valence-electron chi connectivity index (χ4n) is 14.6. The van der Waals surface area contributed by atoms with Gasteiger partial charge in [0.25, 0.3) is 0 Å².